The first-order valence-electron chi connectivity index (χ1n) is 2.05. The Balaban J connectivity index is 4.07. The summed E-state index contributed by atoms with van der Waals surface area (Å²) in [5.41, 5.74) is 0. The van der Waals surface area contributed by atoms with Crippen molar-refractivity contribution in [1.82, 2.24) is 0 Å². The van der Waals surface area contributed by atoms with Gasteiger partial charge in [0.15, 0.2) is 0 Å². The van der Waals surface area contributed by atoms with Crippen LogP contribution in [-0.4, -0.2) is 14.3 Å². The minimum atomic E-state index is -5.16. The van der Waals surface area contributed by atoms with Crippen LogP contribution in [0.5, 0.6) is 0 Å². The maximum Gasteiger partial charge on any atom is 0.440 e. The highest BCUT2D eigenvalue weighted by molar-refractivity contribution is 7.81. The van der Waals surface area contributed by atoms with Crippen molar-refractivity contribution in [2.24, 2.45) is 0 Å². The van der Waals surface area contributed by atoms with Crippen molar-refractivity contribution in [2.75, 3.05) is 0 Å². The van der Waals surface area contributed by atoms with E-state index >= 15 is 0 Å². The van der Waals surface area contributed by atoms with Crippen LogP contribution in [0.4, 0.5) is 8.28 Å². The lowest BCUT2D eigenvalue weighted by atomic mass is 10.4. The Morgan fingerprint density at radius 2 is 1.78 bits per heavy atom. The van der Waals surface area contributed by atoms with Gasteiger partial charge in [-0.3, -0.25) is 0 Å². The predicted molar refractivity (Wildman–Crippen MR) is 26.3 cm³/mol. The SMILES string of the molecule is CC(C)(F)OS(=O)(=O)F. The summed E-state index contributed by atoms with van der Waals surface area (Å²) in [6.45, 7) is 1.56. The first kappa shape index (κ1) is 8.77. The molecular weight excluding hydrogens is 154 g/mol. The maximum atomic E-state index is 12.0. The average Bonchev–Trinajstić information content (AvgIpc) is 1.14. The highest BCUT2D eigenvalue weighted by Gasteiger charge is 2.24. The summed E-state index contributed by atoms with van der Waals surface area (Å²) >= 11 is 0. The van der Waals surface area contributed by atoms with Crippen molar-refractivity contribution >= 4 is 10.5 Å². The van der Waals surface area contributed by atoms with Gasteiger partial charge in [-0.25, -0.2) is 8.57 Å². The monoisotopic (exact) mass is 160 g/mol. The van der Waals surface area contributed by atoms with Crippen LogP contribution in [0.2, 0.25) is 0 Å². The van der Waals surface area contributed by atoms with Crippen LogP contribution in [0.1, 0.15) is 13.8 Å². The zero-order valence-corrected chi connectivity index (χ0v) is 5.71. The Morgan fingerprint density at radius 1 is 1.44 bits per heavy atom. The highest BCUT2D eigenvalue weighted by atomic mass is 32.3. The standard InChI is InChI=1S/C3H6F2O3S/c1-3(2,4)8-9(5,6)7/h1-2H3. The number of alkyl halides is 1. The molecule has 0 heterocycles. The van der Waals surface area contributed by atoms with Gasteiger partial charge in [0.05, 0.1) is 0 Å². The summed E-state index contributed by atoms with van der Waals surface area (Å²) in [7, 11) is -5.16. The molecule has 0 aromatic rings. The van der Waals surface area contributed by atoms with Gasteiger partial charge in [0.25, 0.3) is 0 Å². The first-order valence-corrected chi connectivity index (χ1v) is 3.36. The molecule has 0 fully saturated rings. The summed E-state index contributed by atoms with van der Waals surface area (Å²) in [6, 6.07) is 0. The van der Waals surface area contributed by atoms with Gasteiger partial charge in [-0.15, -0.1) is 0 Å². The van der Waals surface area contributed by atoms with Gasteiger partial charge >= 0.3 is 10.5 Å². The second kappa shape index (κ2) is 2.18. The molecular formula is C3H6F2O3S. The third kappa shape index (κ3) is 7.77. The van der Waals surface area contributed by atoms with Crippen molar-refractivity contribution in [1.29, 1.82) is 0 Å². The van der Waals surface area contributed by atoms with Gasteiger partial charge < -0.3 is 0 Å². The van der Waals surface area contributed by atoms with Gasteiger partial charge in [-0.05, 0) is 13.8 Å². The van der Waals surface area contributed by atoms with Crippen molar-refractivity contribution < 1.29 is 20.9 Å². The fourth-order valence-corrected chi connectivity index (χ4v) is 0.710. The molecule has 0 radical (unpaired) electrons. The third-order valence-corrected chi connectivity index (χ3v) is 0.893. The number of hydrogen-bond donors (Lipinski definition) is 0. The molecule has 0 aliphatic heterocycles. The quantitative estimate of drug-likeness (QED) is 0.564. The maximum absolute atomic E-state index is 12.0. The molecule has 3 nitrogen and oxygen atoms in total. The Bertz CT molecular complexity index is 178. The molecule has 0 aliphatic carbocycles. The van der Waals surface area contributed by atoms with Crippen LogP contribution in [0.3, 0.4) is 0 Å². The molecule has 0 aromatic carbocycles. The van der Waals surface area contributed by atoms with E-state index in [1.807, 2.05) is 0 Å². The Kier molecular flexibility index (Phi) is 2.13. The second-order valence-electron chi connectivity index (χ2n) is 1.84. The molecule has 0 aliphatic rings. The van der Waals surface area contributed by atoms with Crippen LogP contribution in [0.25, 0.3) is 0 Å². The molecule has 6 heteroatoms. The van der Waals surface area contributed by atoms with E-state index in [0.717, 1.165) is 13.8 Å². The van der Waals surface area contributed by atoms with E-state index in [0.29, 0.717) is 0 Å². The number of hydrogen-bond acceptors (Lipinski definition) is 3. The number of halogens is 2. The third-order valence-electron chi connectivity index (χ3n) is 0.298. The van der Waals surface area contributed by atoms with Gasteiger partial charge in [-0.1, -0.05) is 3.89 Å². The zero-order chi connectivity index (χ0) is 7.71. The normalized spacial score (nSPS) is 13.8. The fourth-order valence-electron chi connectivity index (χ4n) is 0.237. The summed E-state index contributed by atoms with van der Waals surface area (Å²) < 4.78 is 45.7. The van der Waals surface area contributed by atoms with Gasteiger partial charge in [0.1, 0.15) is 0 Å². The van der Waals surface area contributed by atoms with E-state index < -0.39 is 16.4 Å². The summed E-state index contributed by atoms with van der Waals surface area (Å²) in [5.74, 6) is -2.48. The van der Waals surface area contributed by atoms with Crippen molar-refractivity contribution in [2.45, 2.75) is 19.7 Å². The molecule has 0 bridgehead atoms. The van der Waals surface area contributed by atoms with Gasteiger partial charge in [-0.2, -0.15) is 8.42 Å². The molecule has 0 unspecified atom stereocenters. The van der Waals surface area contributed by atoms with E-state index in [-0.39, 0.29) is 0 Å². The minimum Gasteiger partial charge on any atom is -0.212 e. The second-order valence-corrected chi connectivity index (χ2v) is 2.79. The molecule has 0 aromatic heterocycles. The van der Waals surface area contributed by atoms with E-state index in [9.17, 15) is 16.7 Å². The average molecular weight is 160 g/mol. The summed E-state index contributed by atoms with van der Waals surface area (Å²) in [6.07, 6.45) is 0. The van der Waals surface area contributed by atoms with Crippen LogP contribution >= 0.6 is 0 Å². The topological polar surface area (TPSA) is 43.4 Å². The van der Waals surface area contributed by atoms with Crippen LogP contribution in [0.15, 0.2) is 0 Å². The lowest BCUT2D eigenvalue weighted by Gasteiger charge is -2.09. The van der Waals surface area contributed by atoms with Crippen molar-refractivity contribution in [3.05, 3.63) is 0 Å². The van der Waals surface area contributed by atoms with Crippen molar-refractivity contribution in [3.8, 4) is 0 Å². The van der Waals surface area contributed by atoms with E-state index in [2.05, 4.69) is 4.18 Å². The lowest BCUT2D eigenvalue weighted by Crippen LogP contribution is -2.19. The molecule has 0 N–H and O–H groups in total. The highest BCUT2D eigenvalue weighted by Crippen LogP contribution is 2.14. The Labute approximate surface area is 52.0 Å². The molecule has 0 amide bonds. The fraction of sp³-hybridized carbons (Fsp3) is 1.00. The molecule has 0 saturated carbocycles. The molecule has 9 heavy (non-hydrogen) atoms. The van der Waals surface area contributed by atoms with Crippen LogP contribution in [0, 0.1) is 0 Å². The molecule has 0 atom stereocenters. The van der Waals surface area contributed by atoms with Crippen LogP contribution in [-0.2, 0) is 14.7 Å². The Hall–Kier alpha value is -0.230. The molecule has 0 rings (SSSR count). The van der Waals surface area contributed by atoms with E-state index in [1.165, 1.54) is 0 Å². The molecule has 0 spiro atoms. The Morgan fingerprint density at radius 3 is 1.78 bits per heavy atom. The summed E-state index contributed by atoms with van der Waals surface area (Å²) in [5, 5.41) is 0. The zero-order valence-electron chi connectivity index (χ0n) is 4.89. The van der Waals surface area contributed by atoms with Gasteiger partial charge in [0.2, 0.25) is 5.85 Å². The van der Waals surface area contributed by atoms with Crippen molar-refractivity contribution in [3.63, 3.8) is 0 Å². The van der Waals surface area contributed by atoms with Crippen LogP contribution < -0.4 is 0 Å². The van der Waals surface area contributed by atoms with E-state index in [4.69, 9.17) is 0 Å². The van der Waals surface area contributed by atoms with E-state index in [1.54, 1.807) is 0 Å². The smallest absolute Gasteiger partial charge is 0.212 e. The largest absolute Gasteiger partial charge is 0.440 e. The summed E-state index contributed by atoms with van der Waals surface area (Å²) in [4.78, 5) is 0. The first-order chi connectivity index (χ1) is 3.71. The number of rotatable bonds is 2. The van der Waals surface area contributed by atoms with Gasteiger partial charge in [0, 0.05) is 0 Å². The molecule has 0 saturated heterocycles. The predicted octanol–water partition coefficient (Wildman–Crippen LogP) is 0.923. The molecule has 56 valence electrons. The minimum absolute atomic E-state index is 0.782. The lowest BCUT2D eigenvalue weighted by molar-refractivity contribution is -0.0243.